The maximum atomic E-state index is 14.1. The summed E-state index contributed by atoms with van der Waals surface area (Å²) in [5, 5.41) is 56.2. The average molecular weight is 1490 g/mol. The molecule has 106 heavy (non-hydrogen) atoms. The van der Waals surface area contributed by atoms with E-state index in [1.807, 2.05) is 0 Å². The van der Waals surface area contributed by atoms with Crippen molar-refractivity contribution in [3.63, 3.8) is 0 Å². The molecule has 0 spiro atoms. The van der Waals surface area contributed by atoms with E-state index in [2.05, 4.69) is 68.8 Å². The van der Waals surface area contributed by atoms with Crippen molar-refractivity contribution in [1.29, 1.82) is 5.41 Å². The second-order valence-corrected chi connectivity index (χ2v) is 25.6. The lowest BCUT2D eigenvalue weighted by Crippen LogP contribution is -2.59. The lowest BCUT2D eigenvalue weighted by Gasteiger charge is -2.30. The summed E-state index contributed by atoms with van der Waals surface area (Å²) in [6, 6.07) is -6.26. The first kappa shape index (κ1) is 84.6. The molecule has 1 aromatic carbocycles. The van der Waals surface area contributed by atoms with Crippen molar-refractivity contribution in [2.45, 2.75) is 165 Å². The van der Waals surface area contributed by atoms with E-state index in [1.54, 1.807) is 30.5 Å². The molecule has 4 heterocycles. The van der Waals surface area contributed by atoms with Crippen LogP contribution in [0.5, 0.6) is 0 Å². The van der Waals surface area contributed by atoms with Gasteiger partial charge in [-0.15, -0.1) is 0 Å². The summed E-state index contributed by atoms with van der Waals surface area (Å²) in [5.74, 6) is -19.3. The number of aromatic nitrogens is 1. The molecular weight excluding hydrogens is 1400 g/mol. The summed E-state index contributed by atoms with van der Waals surface area (Å²) < 4.78 is 0. The summed E-state index contributed by atoms with van der Waals surface area (Å²) in [5.41, 5.74) is 17.7. The van der Waals surface area contributed by atoms with Crippen LogP contribution >= 0.6 is 0 Å². The highest BCUT2D eigenvalue weighted by Gasteiger charge is 2.42. The number of aromatic amines is 1. The third-order valence-corrected chi connectivity index (χ3v) is 17.1. The number of hydrogen-bond donors (Lipinski definition) is 19. The Morgan fingerprint density at radius 3 is 1.74 bits per heavy atom. The van der Waals surface area contributed by atoms with Gasteiger partial charge in [-0.2, -0.15) is 0 Å². The van der Waals surface area contributed by atoms with Crippen molar-refractivity contribution in [3.8, 4) is 0 Å². The van der Waals surface area contributed by atoms with Gasteiger partial charge >= 0.3 is 11.9 Å². The number of fused-ring (bicyclic) bond motifs is 1. The maximum Gasteiger partial charge on any atom is 0.305 e. The molecule has 41 nitrogen and oxygen atoms in total. The number of guanidine groups is 1. The SMILES string of the molecule is CC(=O)N[C@@H](CCCNC(=N)N)C(=O)N[C@@H](CC(N)=O)C(=O)N1CCC[C@H]1C(=O)N[C@@H](CC(=O)O)C(=O)NCC(=O)N[C@@H](CC(=O)O)C(=O)N[C@H](C(=O)NCC(=O)NCC(=O)N1CCC[C@H]1C(=O)N[C@@H](Cc1c[nH]c2ccccc12)C(=O)N[C@@H](CCCCNC(=O)CCN1C(=O)C=CC1=O)C(N)=O)C(C)C. The summed E-state index contributed by atoms with van der Waals surface area (Å²) in [6.07, 6.45) is 2.13. The molecule has 0 aliphatic carbocycles. The van der Waals surface area contributed by atoms with E-state index in [4.69, 9.17) is 22.6 Å². The topological polar surface area (TPSA) is 637 Å². The Kier molecular flexibility index (Phi) is 32.9. The number of carbonyl (C=O) groups excluding carboxylic acids is 17. The van der Waals surface area contributed by atoms with E-state index >= 15 is 0 Å². The number of H-pyrrole nitrogens is 1. The first-order valence-electron chi connectivity index (χ1n) is 34.1. The number of carbonyl (C=O) groups is 19. The Bertz CT molecular complexity index is 3690. The monoisotopic (exact) mass is 1490 g/mol. The normalized spacial score (nSPS) is 16.5. The zero-order valence-corrected chi connectivity index (χ0v) is 58.6. The Hall–Kier alpha value is -12.1. The molecule has 17 amide bonds. The molecule has 41 heteroatoms. The van der Waals surface area contributed by atoms with E-state index in [0.717, 1.165) is 39.8 Å². The molecule has 0 radical (unpaired) electrons. The van der Waals surface area contributed by atoms with Gasteiger partial charge in [0.05, 0.1) is 38.9 Å². The van der Waals surface area contributed by atoms with E-state index in [9.17, 15) is 101 Å². The van der Waals surface area contributed by atoms with Crippen LogP contribution in [-0.2, 0) is 97.5 Å². The lowest BCUT2D eigenvalue weighted by molar-refractivity contribution is -0.144. The summed E-state index contributed by atoms with van der Waals surface area (Å²) in [7, 11) is 0. The number of carboxylic acid groups (broad SMARTS) is 2. The largest absolute Gasteiger partial charge is 0.481 e. The first-order chi connectivity index (χ1) is 50.1. The second-order valence-electron chi connectivity index (χ2n) is 25.6. The van der Waals surface area contributed by atoms with Gasteiger partial charge in [-0.3, -0.25) is 101 Å². The molecule has 22 N–H and O–H groups in total. The highest BCUT2D eigenvalue weighted by Crippen LogP contribution is 2.23. The molecular formula is C65H92N20O21. The number of nitrogens with two attached hydrogens (primary N) is 3. The van der Waals surface area contributed by atoms with E-state index in [0.29, 0.717) is 24.8 Å². The van der Waals surface area contributed by atoms with Crippen molar-refractivity contribution < 1.29 is 101 Å². The molecule has 2 aromatic rings. The third-order valence-electron chi connectivity index (χ3n) is 17.1. The number of amides is 17. The van der Waals surface area contributed by atoms with Crippen LogP contribution in [0.25, 0.3) is 10.9 Å². The number of nitrogens with one attached hydrogen (secondary N) is 14. The predicted molar refractivity (Wildman–Crippen MR) is 369 cm³/mol. The Labute approximate surface area is 606 Å². The van der Waals surface area contributed by atoms with Gasteiger partial charge in [-0.25, -0.2) is 0 Å². The number of hydrogen-bond acceptors (Lipinski definition) is 20. The van der Waals surface area contributed by atoms with Crippen molar-refractivity contribution in [1.82, 2.24) is 83.5 Å². The molecule has 5 rings (SSSR count). The second kappa shape index (κ2) is 41.3. The van der Waals surface area contributed by atoms with E-state index in [-0.39, 0.29) is 90.0 Å². The minimum absolute atomic E-state index is 0.0184. The van der Waals surface area contributed by atoms with Crippen LogP contribution in [-0.4, -0.2) is 255 Å². The number of imide groups is 1. The highest BCUT2D eigenvalue weighted by molar-refractivity contribution is 6.13. The highest BCUT2D eigenvalue weighted by atomic mass is 16.4. The number of likely N-dealkylation sites (tertiary alicyclic amines) is 2. The number of rotatable bonds is 43. The first-order valence-corrected chi connectivity index (χ1v) is 34.1. The zero-order valence-electron chi connectivity index (χ0n) is 58.6. The van der Waals surface area contributed by atoms with Crippen LogP contribution in [0.15, 0.2) is 42.6 Å². The molecule has 9 atom stereocenters. The Balaban J connectivity index is 1.12. The van der Waals surface area contributed by atoms with E-state index in [1.165, 1.54) is 18.7 Å². The molecule has 2 fully saturated rings. The molecule has 3 aliphatic rings. The van der Waals surface area contributed by atoms with Crippen LogP contribution in [0.1, 0.15) is 110 Å². The van der Waals surface area contributed by atoms with Crippen LogP contribution < -0.4 is 81.0 Å². The van der Waals surface area contributed by atoms with Crippen molar-refractivity contribution >= 4 is 129 Å². The van der Waals surface area contributed by atoms with Crippen LogP contribution in [0.2, 0.25) is 0 Å². The number of aliphatic carboxylic acids is 2. The lowest BCUT2D eigenvalue weighted by atomic mass is 10.0. The van der Waals surface area contributed by atoms with Gasteiger partial charge in [-0.1, -0.05) is 32.0 Å². The fourth-order valence-corrected chi connectivity index (χ4v) is 11.7. The van der Waals surface area contributed by atoms with E-state index < -0.39 is 212 Å². The fourth-order valence-electron chi connectivity index (χ4n) is 11.7. The van der Waals surface area contributed by atoms with Gasteiger partial charge in [0, 0.05) is 81.7 Å². The van der Waals surface area contributed by atoms with Crippen LogP contribution in [0.4, 0.5) is 0 Å². The Morgan fingerprint density at radius 2 is 1.12 bits per heavy atom. The third kappa shape index (κ3) is 26.9. The predicted octanol–water partition coefficient (Wildman–Crippen LogP) is -7.71. The van der Waals surface area contributed by atoms with Crippen LogP contribution in [0, 0.1) is 11.3 Å². The number of unbranched alkanes of at least 4 members (excludes halogenated alkanes) is 1. The molecule has 0 bridgehead atoms. The molecule has 1 aromatic heterocycles. The van der Waals surface area contributed by atoms with Crippen molar-refractivity contribution in [3.05, 3.63) is 48.2 Å². The number of nitrogens with zero attached hydrogens (tertiary/aromatic N) is 3. The number of para-hydroxylation sites is 1. The summed E-state index contributed by atoms with van der Waals surface area (Å²) in [4.78, 5) is 253. The van der Waals surface area contributed by atoms with Gasteiger partial charge in [-0.05, 0) is 75.3 Å². The van der Waals surface area contributed by atoms with Gasteiger partial charge in [0.25, 0.3) is 11.8 Å². The van der Waals surface area contributed by atoms with Gasteiger partial charge in [0.2, 0.25) is 88.6 Å². The van der Waals surface area contributed by atoms with Crippen molar-refractivity contribution in [2.24, 2.45) is 23.1 Å². The molecule has 0 unspecified atom stereocenters. The summed E-state index contributed by atoms with van der Waals surface area (Å²) in [6.45, 7) is 1.65. The smallest absolute Gasteiger partial charge is 0.305 e. The maximum absolute atomic E-state index is 14.1. The minimum Gasteiger partial charge on any atom is -0.481 e. The van der Waals surface area contributed by atoms with Gasteiger partial charge in [0.1, 0.15) is 54.4 Å². The van der Waals surface area contributed by atoms with Gasteiger partial charge < -0.3 is 106 Å². The molecule has 0 saturated carbocycles. The zero-order chi connectivity index (χ0) is 78.5. The standard InChI is InChI=1S/C65H92N20O21/c1-33(2)55(82-60(102)42(28-54(96)97)77-49(90)31-74-57(99)41(27-53(94)95)80-62(104)45-16-10-23-84(45)64(106)43(26-46(66)87)81-58(100)39(76-34(3)86)14-8-21-71-65(68)69)63(105)75-30-48(89)73-32-52(93)83-22-9-15-44(83)61(103)79-40(25-35-29-72-37-12-5-4-11-36(35)37)59(101)78-38(56(67)98)13-6-7-20-70-47(88)19-24-85-50(91)17-18-51(85)92/h4-5,11-12,17-18,29,33,38-45,55,72H,6-10,13-16,19-28,30-32H2,1-3H3,(H2,66,87)(H2,67,98)(H,70,88)(H,73,89)(H,74,99)(H,75,105)(H,76,86)(H,77,90)(H,78,101)(H,79,103)(H,80,104)(H,81,100)(H,82,102)(H,94,95)(H,96,97)(H4,68,69,71)/t38-,39-,40-,41-,42-,43-,44-,45-,55-/m0/s1. The number of carboxylic acids is 2. The molecule has 578 valence electrons. The minimum atomic E-state index is -1.94. The Morgan fingerprint density at radius 1 is 0.566 bits per heavy atom. The van der Waals surface area contributed by atoms with Gasteiger partial charge in [0.15, 0.2) is 5.96 Å². The molecule has 2 saturated heterocycles. The molecule has 3 aliphatic heterocycles. The average Bonchev–Trinajstić information content (AvgIpc) is 1.60. The van der Waals surface area contributed by atoms with Crippen molar-refractivity contribution in [2.75, 3.05) is 52.4 Å². The summed E-state index contributed by atoms with van der Waals surface area (Å²) >= 11 is 0. The fraction of sp³-hybridized carbons (Fsp3) is 0.538. The number of primary amides is 2. The quantitative estimate of drug-likeness (QED) is 0.0127. The van der Waals surface area contributed by atoms with Crippen LogP contribution in [0.3, 0.4) is 0 Å². The number of benzene rings is 1.